The molecule has 0 amide bonds. The second kappa shape index (κ2) is 10.5. The number of rotatable bonds is 8. The van der Waals surface area contributed by atoms with Gasteiger partial charge in [0.1, 0.15) is 11.5 Å². The average molecular weight is 391 g/mol. The van der Waals surface area contributed by atoms with Crippen LogP contribution in [0.4, 0.5) is 0 Å². The van der Waals surface area contributed by atoms with E-state index in [1.54, 1.807) is 14.0 Å². The van der Waals surface area contributed by atoms with Crippen molar-refractivity contribution in [2.24, 2.45) is 0 Å². The second-order valence-electron chi connectivity index (χ2n) is 7.16. The van der Waals surface area contributed by atoms with Crippen LogP contribution in [-0.4, -0.2) is 7.11 Å². The molecule has 0 unspecified atom stereocenters. The minimum Gasteiger partial charge on any atom is -0.496 e. The van der Waals surface area contributed by atoms with E-state index in [0.29, 0.717) is 23.5 Å². The van der Waals surface area contributed by atoms with Crippen molar-refractivity contribution in [3.05, 3.63) is 105 Å². The van der Waals surface area contributed by atoms with Crippen LogP contribution in [0.3, 0.4) is 0 Å². The molecule has 3 heteroatoms. The normalized spacial score (nSPS) is 12.1. The van der Waals surface area contributed by atoms with Gasteiger partial charge in [-0.25, -0.2) is 4.79 Å². The van der Waals surface area contributed by atoms with Gasteiger partial charge in [-0.15, -0.1) is 6.58 Å². The lowest BCUT2D eigenvalue weighted by Crippen LogP contribution is -2.10. The zero-order valence-electron chi connectivity index (χ0n) is 18.0. The van der Waals surface area contributed by atoms with Crippen molar-refractivity contribution in [2.45, 2.75) is 40.5 Å². The molecule has 0 aliphatic rings. The SMILES string of the molecule is C=CCc1cc(C)ccc1C=CC=CC(C)=CCc1oc(=O)c(C)c(OC)c1C. The Kier molecular flexibility index (Phi) is 8.02. The molecule has 0 N–H and O–H groups in total. The maximum atomic E-state index is 12.0. The lowest BCUT2D eigenvalue weighted by atomic mass is 10.0. The number of benzene rings is 1. The molecule has 152 valence electrons. The molecule has 0 atom stereocenters. The van der Waals surface area contributed by atoms with E-state index in [4.69, 9.17) is 9.15 Å². The highest BCUT2D eigenvalue weighted by Gasteiger charge is 2.13. The summed E-state index contributed by atoms with van der Waals surface area (Å²) < 4.78 is 10.8. The Morgan fingerprint density at radius 2 is 1.90 bits per heavy atom. The molecule has 1 aromatic carbocycles. The molecule has 1 heterocycles. The lowest BCUT2D eigenvalue weighted by molar-refractivity contribution is 0.383. The minimum atomic E-state index is -0.347. The van der Waals surface area contributed by atoms with Crippen molar-refractivity contribution in [3.63, 3.8) is 0 Å². The summed E-state index contributed by atoms with van der Waals surface area (Å²) in [6, 6.07) is 6.45. The Morgan fingerprint density at radius 1 is 1.14 bits per heavy atom. The van der Waals surface area contributed by atoms with Crippen molar-refractivity contribution in [2.75, 3.05) is 7.11 Å². The molecule has 3 nitrogen and oxygen atoms in total. The van der Waals surface area contributed by atoms with Crippen LogP contribution in [0.25, 0.3) is 6.08 Å². The highest BCUT2D eigenvalue weighted by Crippen LogP contribution is 2.23. The molecule has 1 aromatic heterocycles. The Bertz CT molecular complexity index is 1020. The molecule has 2 aromatic rings. The van der Waals surface area contributed by atoms with Crippen LogP contribution in [0.15, 0.2) is 69.9 Å². The first-order chi connectivity index (χ1) is 13.9. The van der Waals surface area contributed by atoms with Gasteiger partial charge < -0.3 is 9.15 Å². The lowest BCUT2D eigenvalue weighted by Gasteiger charge is -2.10. The van der Waals surface area contributed by atoms with Crippen LogP contribution < -0.4 is 10.4 Å². The van der Waals surface area contributed by atoms with Gasteiger partial charge in [-0.2, -0.15) is 0 Å². The first-order valence-electron chi connectivity index (χ1n) is 9.76. The van der Waals surface area contributed by atoms with E-state index < -0.39 is 0 Å². The third-order valence-corrected chi connectivity index (χ3v) is 4.84. The maximum Gasteiger partial charge on any atom is 0.342 e. The van der Waals surface area contributed by atoms with Gasteiger partial charge in [-0.3, -0.25) is 0 Å². The van der Waals surface area contributed by atoms with Crippen LogP contribution in [-0.2, 0) is 12.8 Å². The molecule has 0 saturated heterocycles. The van der Waals surface area contributed by atoms with Crippen LogP contribution in [0, 0.1) is 20.8 Å². The molecule has 29 heavy (non-hydrogen) atoms. The monoisotopic (exact) mass is 390 g/mol. The van der Waals surface area contributed by atoms with Gasteiger partial charge >= 0.3 is 5.63 Å². The topological polar surface area (TPSA) is 39.4 Å². The van der Waals surface area contributed by atoms with E-state index >= 15 is 0 Å². The first kappa shape index (κ1) is 22.2. The summed E-state index contributed by atoms with van der Waals surface area (Å²) in [7, 11) is 1.57. The Hall–Kier alpha value is -3.07. The van der Waals surface area contributed by atoms with Crippen molar-refractivity contribution < 1.29 is 9.15 Å². The van der Waals surface area contributed by atoms with Crippen LogP contribution >= 0.6 is 0 Å². The number of aryl methyl sites for hydroxylation is 1. The molecule has 0 aliphatic carbocycles. The predicted octanol–water partition coefficient (Wildman–Crippen LogP) is 6.06. The van der Waals surface area contributed by atoms with Crippen molar-refractivity contribution >= 4 is 6.08 Å². The van der Waals surface area contributed by atoms with Crippen LogP contribution in [0.2, 0.25) is 0 Å². The summed E-state index contributed by atoms with van der Waals surface area (Å²) in [6.07, 6.45) is 13.6. The van der Waals surface area contributed by atoms with Gasteiger partial charge in [0.15, 0.2) is 0 Å². The fraction of sp³-hybridized carbons (Fsp3) is 0.269. The van der Waals surface area contributed by atoms with Crippen molar-refractivity contribution in [3.8, 4) is 5.75 Å². The third-order valence-electron chi connectivity index (χ3n) is 4.84. The first-order valence-corrected chi connectivity index (χ1v) is 9.76. The van der Waals surface area contributed by atoms with E-state index in [9.17, 15) is 4.79 Å². The largest absolute Gasteiger partial charge is 0.496 e. The summed E-state index contributed by atoms with van der Waals surface area (Å²) in [4.78, 5) is 12.0. The zero-order valence-corrected chi connectivity index (χ0v) is 18.0. The van der Waals surface area contributed by atoms with E-state index in [-0.39, 0.29) is 5.63 Å². The predicted molar refractivity (Wildman–Crippen MR) is 122 cm³/mol. The Morgan fingerprint density at radius 3 is 2.59 bits per heavy atom. The van der Waals surface area contributed by atoms with E-state index in [1.807, 2.05) is 44.2 Å². The van der Waals surface area contributed by atoms with Crippen molar-refractivity contribution in [1.82, 2.24) is 0 Å². The number of ether oxygens (including phenoxy) is 1. The maximum absolute atomic E-state index is 12.0. The highest BCUT2D eigenvalue weighted by molar-refractivity contribution is 5.56. The fourth-order valence-electron chi connectivity index (χ4n) is 3.18. The quantitative estimate of drug-likeness (QED) is 0.406. The molecule has 0 fully saturated rings. The third kappa shape index (κ3) is 5.95. The van der Waals surface area contributed by atoms with E-state index in [1.165, 1.54) is 16.7 Å². The fourth-order valence-corrected chi connectivity index (χ4v) is 3.18. The summed E-state index contributed by atoms with van der Waals surface area (Å²) >= 11 is 0. The van der Waals surface area contributed by atoms with Gasteiger partial charge in [0.2, 0.25) is 0 Å². The summed E-state index contributed by atoms with van der Waals surface area (Å²) in [5.74, 6) is 1.24. The molecular formula is C26H30O3. The van der Waals surface area contributed by atoms with Gasteiger partial charge in [0.25, 0.3) is 0 Å². The van der Waals surface area contributed by atoms with Gasteiger partial charge in [0, 0.05) is 12.0 Å². The van der Waals surface area contributed by atoms with Gasteiger partial charge in [-0.1, -0.05) is 65.8 Å². The molecule has 0 radical (unpaired) electrons. The summed E-state index contributed by atoms with van der Waals surface area (Å²) in [6.45, 7) is 11.6. The molecule has 2 rings (SSSR count). The molecule has 0 bridgehead atoms. The number of allylic oxidation sites excluding steroid dienone is 6. The van der Waals surface area contributed by atoms with Crippen LogP contribution in [0.1, 0.15) is 40.5 Å². The van der Waals surface area contributed by atoms with E-state index in [2.05, 4.69) is 37.8 Å². The Balaban J connectivity index is 2.10. The molecule has 0 saturated carbocycles. The molecule has 0 aliphatic heterocycles. The van der Waals surface area contributed by atoms with Gasteiger partial charge in [-0.05, 0) is 45.2 Å². The number of methoxy groups -OCH3 is 1. The zero-order chi connectivity index (χ0) is 21.4. The Labute approximate surface area is 173 Å². The standard InChI is InChI=1S/C26H30O3/c1-7-10-23-17-19(3)13-15-22(23)12-9-8-11-18(2)14-16-24-20(4)25(28-6)21(5)26(27)29-24/h7-9,11-15,17H,1,10,16H2,2-6H3. The number of hydrogen-bond acceptors (Lipinski definition) is 3. The highest BCUT2D eigenvalue weighted by atomic mass is 16.5. The summed E-state index contributed by atoms with van der Waals surface area (Å²) in [5.41, 5.74) is 5.84. The molecule has 0 spiro atoms. The minimum absolute atomic E-state index is 0.347. The van der Waals surface area contributed by atoms with Gasteiger partial charge in [0.05, 0.1) is 12.7 Å². The summed E-state index contributed by atoms with van der Waals surface area (Å²) in [5, 5.41) is 0. The van der Waals surface area contributed by atoms with Crippen LogP contribution in [0.5, 0.6) is 5.75 Å². The smallest absolute Gasteiger partial charge is 0.342 e. The average Bonchev–Trinajstić information content (AvgIpc) is 2.69. The molecular weight excluding hydrogens is 360 g/mol. The second-order valence-corrected chi connectivity index (χ2v) is 7.16. The van der Waals surface area contributed by atoms with E-state index in [0.717, 1.165) is 17.6 Å². The number of hydrogen-bond donors (Lipinski definition) is 0. The van der Waals surface area contributed by atoms with Crippen molar-refractivity contribution in [1.29, 1.82) is 0 Å².